The number of benzene rings is 1. The predicted molar refractivity (Wildman–Crippen MR) is 77.0 cm³/mol. The van der Waals surface area contributed by atoms with Crippen LogP contribution in [0.3, 0.4) is 0 Å². The molecule has 0 aliphatic carbocycles. The topological polar surface area (TPSA) is 38.5 Å². The summed E-state index contributed by atoms with van der Waals surface area (Å²) in [6, 6.07) is 8.64. The van der Waals surface area contributed by atoms with Gasteiger partial charge in [0.15, 0.2) is 0 Å². The first-order valence-electron chi connectivity index (χ1n) is 6.63. The third-order valence-electron chi connectivity index (χ3n) is 3.43. The smallest absolute Gasteiger partial charge is 0.0752 e. The molecule has 0 aromatic heterocycles. The van der Waals surface area contributed by atoms with Crippen LogP contribution < -0.4 is 5.73 Å². The van der Waals surface area contributed by atoms with Gasteiger partial charge < -0.3 is 5.73 Å². The molecule has 2 atom stereocenters. The second kappa shape index (κ2) is 6.66. The van der Waals surface area contributed by atoms with Gasteiger partial charge in [0.05, 0.1) is 12.6 Å². The third-order valence-corrected chi connectivity index (χ3v) is 3.96. The number of hydroxylamine groups is 2. The van der Waals surface area contributed by atoms with E-state index in [1.807, 2.05) is 0 Å². The molecule has 100 valence electrons. The van der Waals surface area contributed by atoms with Crippen LogP contribution in [0.1, 0.15) is 37.8 Å². The molecule has 2 unspecified atom stereocenters. The molecule has 0 bridgehead atoms. The molecule has 1 aliphatic heterocycles. The van der Waals surface area contributed by atoms with Crippen LogP contribution in [0.2, 0.25) is 0 Å². The van der Waals surface area contributed by atoms with E-state index in [0.29, 0.717) is 0 Å². The van der Waals surface area contributed by atoms with Crippen molar-refractivity contribution in [2.24, 2.45) is 5.73 Å². The Balaban J connectivity index is 2.20. The Hall–Kier alpha value is -0.420. The second-order valence-electron chi connectivity index (χ2n) is 4.75. The lowest BCUT2D eigenvalue weighted by Crippen LogP contribution is -2.43. The van der Waals surface area contributed by atoms with Gasteiger partial charge in [-0.05, 0) is 37.0 Å². The first-order chi connectivity index (χ1) is 8.72. The van der Waals surface area contributed by atoms with Crippen molar-refractivity contribution in [2.45, 2.75) is 38.3 Å². The van der Waals surface area contributed by atoms with E-state index in [-0.39, 0.29) is 12.1 Å². The molecule has 2 rings (SSSR count). The van der Waals surface area contributed by atoms with Crippen LogP contribution in [-0.2, 0) is 4.84 Å². The number of hydrogen-bond donors (Lipinski definition) is 1. The van der Waals surface area contributed by atoms with E-state index in [9.17, 15) is 0 Å². The van der Waals surface area contributed by atoms with Crippen molar-refractivity contribution in [2.75, 3.05) is 13.2 Å². The zero-order valence-corrected chi connectivity index (χ0v) is 12.4. The van der Waals surface area contributed by atoms with Crippen molar-refractivity contribution in [1.82, 2.24) is 5.06 Å². The van der Waals surface area contributed by atoms with E-state index in [1.54, 1.807) is 0 Å². The van der Waals surface area contributed by atoms with E-state index in [1.165, 1.54) is 12.0 Å². The van der Waals surface area contributed by atoms with Crippen LogP contribution in [0, 0.1) is 0 Å². The van der Waals surface area contributed by atoms with Gasteiger partial charge in [0.2, 0.25) is 0 Å². The molecule has 2 N–H and O–H groups in total. The number of rotatable bonds is 4. The van der Waals surface area contributed by atoms with Crippen LogP contribution in [0.15, 0.2) is 28.7 Å². The van der Waals surface area contributed by atoms with Crippen molar-refractivity contribution in [3.63, 3.8) is 0 Å². The zero-order valence-electron chi connectivity index (χ0n) is 10.8. The van der Waals surface area contributed by atoms with E-state index in [0.717, 1.165) is 30.5 Å². The van der Waals surface area contributed by atoms with Gasteiger partial charge in [0.25, 0.3) is 0 Å². The highest BCUT2D eigenvalue weighted by Gasteiger charge is 2.27. The van der Waals surface area contributed by atoms with Gasteiger partial charge in [-0.2, -0.15) is 5.06 Å². The van der Waals surface area contributed by atoms with Crippen molar-refractivity contribution in [1.29, 1.82) is 0 Å². The molecule has 3 nitrogen and oxygen atoms in total. The molecule has 0 saturated carbocycles. The van der Waals surface area contributed by atoms with Crippen LogP contribution >= 0.6 is 15.9 Å². The largest absolute Gasteiger partial charge is 0.326 e. The highest BCUT2D eigenvalue weighted by Crippen LogP contribution is 2.28. The van der Waals surface area contributed by atoms with Crippen molar-refractivity contribution >= 4 is 15.9 Å². The molecule has 1 aliphatic rings. The molecular weight excluding hydrogens is 292 g/mol. The Morgan fingerprint density at radius 2 is 2.06 bits per heavy atom. The van der Waals surface area contributed by atoms with Gasteiger partial charge in [0, 0.05) is 17.1 Å². The molecule has 1 fully saturated rings. The minimum atomic E-state index is 0.101. The molecule has 1 aromatic rings. The monoisotopic (exact) mass is 312 g/mol. The summed E-state index contributed by atoms with van der Waals surface area (Å²) in [5.74, 6) is 0. The SMILES string of the molecule is CCC(N)C(c1ccc(Br)cc1)N1CCCCO1. The van der Waals surface area contributed by atoms with Gasteiger partial charge in [-0.1, -0.05) is 35.0 Å². The Labute approximate surface area is 117 Å². The highest BCUT2D eigenvalue weighted by molar-refractivity contribution is 9.10. The molecule has 1 saturated heterocycles. The maximum atomic E-state index is 6.28. The quantitative estimate of drug-likeness (QED) is 0.927. The molecule has 1 aromatic carbocycles. The number of nitrogens with zero attached hydrogens (tertiary/aromatic N) is 1. The van der Waals surface area contributed by atoms with Crippen molar-refractivity contribution in [3.05, 3.63) is 34.3 Å². The van der Waals surface area contributed by atoms with Crippen molar-refractivity contribution < 1.29 is 4.84 Å². The molecule has 0 spiro atoms. The van der Waals surface area contributed by atoms with Crippen LogP contribution in [0.5, 0.6) is 0 Å². The summed E-state index contributed by atoms with van der Waals surface area (Å²) in [6.07, 6.45) is 3.27. The summed E-state index contributed by atoms with van der Waals surface area (Å²) in [5.41, 5.74) is 7.52. The van der Waals surface area contributed by atoms with Crippen LogP contribution in [-0.4, -0.2) is 24.3 Å². The zero-order chi connectivity index (χ0) is 13.0. The van der Waals surface area contributed by atoms with E-state index in [2.05, 4.69) is 52.2 Å². The Kier molecular flexibility index (Phi) is 5.18. The summed E-state index contributed by atoms with van der Waals surface area (Å²) in [7, 11) is 0. The standard InChI is InChI=1S/C14H21BrN2O/c1-2-13(16)14(17-9-3-4-10-18-17)11-5-7-12(15)8-6-11/h5-8,13-14H,2-4,9-10,16H2,1H3. The molecule has 0 radical (unpaired) electrons. The number of halogens is 1. The maximum Gasteiger partial charge on any atom is 0.0752 e. The average Bonchev–Trinajstić information content (AvgIpc) is 2.42. The van der Waals surface area contributed by atoms with E-state index < -0.39 is 0 Å². The summed E-state index contributed by atoms with van der Waals surface area (Å²) in [6.45, 7) is 3.90. The van der Waals surface area contributed by atoms with E-state index >= 15 is 0 Å². The third kappa shape index (κ3) is 3.32. The summed E-state index contributed by atoms with van der Waals surface area (Å²) < 4.78 is 1.09. The lowest BCUT2D eigenvalue weighted by molar-refractivity contribution is -0.212. The number of hydrogen-bond acceptors (Lipinski definition) is 3. The Bertz CT molecular complexity index is 363. The fraction of sp³-hybridized carbons (Fsp3) is 0.571. The predicted octanol–water partition coefficient (Wildman–Crippen LogP) is 3.25. The fourth-order valence-electron chi connectivity index (χ4n) is 2.35. The average molecular weight is 313 g/mol. The molecule has 1 heterocycles. The first-order valence-corrected chi connectivity index (χ1v) is 7.42. The van der Waals surface area contributed by atoms with Crippen LogP contribution in [0.25, 0.3) is 0 Å². The van der Waals surface area contributed by atoms with Gasteiger partial charge >= 0.3 is 0 Å². The molecule has 18 heavy (non-hydrogen) atoms. The first kappa shape index (κ1) is 14.0. The molecular formula is C14H21BrN2O. The van der Waals surface area contributed by atoms with Gasteiger partial charge in [-0.15, -0.1) is 0 Å². The summed E-state index contributed by atoms with van der Waals surface area (Å²) in [5, 5.41) is 2.07. The Morgan fingerprint density at radius 1 is 1.33 bits per heavy atom. The highest BCUT2D eigenvalue weighted by atomic mass is 79.9. The fourth-order valence-corrected chi connectivity index (χ4v) is 2.61. The summed E-state index contributed by atoms with van der Waals surface area (Å²) >= 11 is 3.47. The number of nitrogens with two attached hydrogens (primary N) is 1. The van der Waals surface area contributed by atoms with Crippen molar-refractivity contribution in [3.8, 4) is 0 Å². The maximum absolute atomic E-state index is 6.28. The lowest BCUT2D eigenvalue weighted by atomic mass is 9.97. The van der Waals surface area contributed by atoms with E-state index in [4.69, 9.17) is 10.6 Å². The second-order valence-corrected chi connectivity index (χ2v) is 5.67. The molecule has 4 heteroatoms. The Morgan fingerprint density at radius 3 is 2.61 bits per heavy atom. The van der Waals surface area contributed by atoms with Gasteiger partial charge in [-0.3, -0.25) is 4.84 Å². The van der Waals surface area contributed by atoms with Crippen LogP contribution in [0.4, 0.5) is 0 Å². The summed E-state index contributed by atoms with van der Waals surface area (Å²) in [4.78, 5) is 5.79. The minimum absolute atomic E-state index is 0.101. The normalized spacial score (nSPS) is 20.6. The molecule has 0 amide bonds. The lowest BCUT2D eigenvalue weighted by Gasteiger charge is -2.37. The minimum Gasteiger partial charge on any atom is -0.326 e. The van der Waals surface area contributed by atoms with Gasteiger partial charge in [-0.25, -0.2) is 0 Å². The van der Waals surface area contributed by atoms with Gasteiger partial charge in [0.1, 0.15) is 0 Å².